The number of nitrogens with zero attached hydrogens (tertiary/aromatic N) is 2. The van der Waals surface area contributed by atoms with E-state index in [9.17, 15) is 0 Å². The van der Waals surface area contributed by atoms with E-state index in [1.54, 1.807) is 13.3 Å². The number of anilines is 1. The number of ether oxygens (including phenoxy) is 1. The lowest BCUT2D eigenvalue weighted by atomic mass is 10.1. The van der Waals surface area contributed by atoms with Crippen molar-refractivity contribution >= 4 is 28.4 Å². The third-order valence-corrected chi connectivity index (χ3v) is 3.13. The first-order valence-electron chi connectivity index (χ1n) is 5.07. The van der Waals surface area contributed by atoms with Gasteiger partial charge < -0.3 is 10.5 Å². The molecule has 0 aliphatic rings. The molecule has 2 rings (SSSR count). The Morgan fingerprint density at radius 1 is 1.29 bits per heavy atom. The second-order valence-corrected chi connectivity index (χ2v) is 4.72. The van der Waals surface area contributed by atoms with Gasteiger partial charge in [-0.1, -0.05) is 24.3 Å². The van der Waals surface area contributed by atoms with Gasteiger partial charge in [0, 0.05) is 18.9 Å². The SMILES string of the molecule is COCc1ccc(-c2ncc(I)c(N)n2)cc1. The third kappa shape index (κ3) is 2.92. The summed E-state index contributed by atoms with van der Waals surface area (Å²) >= 11 is 2.11. The molecule has 88 valence electrons. The highest BCUT2D eigenvalue weighted by Gasteiger charge is 2.04. The Labute approximate surface area is 113 Å². The molecule has 2 N–H and O–H groups in total. The minimum absolute atomic E-state index is 0.511. The van der Waals surface area contributed by atoms with Crippen molar-refractivity contribution in [1.29, 1.82) is 0 Å². The molecule has 0 radical (unpaired) electrons. The molecule has 1 aromatic heterocycles. The van der Waals surface area contributed by atoms with E-state index in [2.05, 4.69) is 32.6 Å². The molecule has 0 aliphatic carbocycles. The Balaban J connectivity index is 2.30. The van der Waals surface area contributed by atoms with Crippen molar-refractivity contribution in [3.8, 4) is 11.4 Å². The number of aromatic nitrogens is 2. The van der Waals surface area contributed by atoms with Gasteiger partial charge in [0.05, 0.1) is 10.2 Å². The molecule has 1 heterocycles. The summed E-state index contributed by atoms with van der Waals surface area (Å²) in [5.41, 5.74) is 7.83. The zero-order chi connectivity index (χ0) is 12.3. The summed E-state index contributed by atoms with van der Waals surface area (Å²) in [5.74, 6) is 1.16. The highest BCUT2D eigenvalue weighted by atomic mass is 127. The van der Waals surface area contributed by atoms with Gasteiger partial charge in [-0.3, -0.25) is 0 Å². The van der Waals surface area contributed by atoms with E-state index in [-0.39, 0.29) is 0 Å². The summed E-state index contributed by atoms with van der Waals surface area (Å²) in [4.78, 5) is 8.50. The van der Waals surface area contributed by atoms with E-state index < -0.39 is 0 Å². The van der Waals surface area contributed by atoms with Gasteiger partial charge >= 0.3 is 0 Å². The lowest BCUT2D eigenvalue weighted by Gasteiger charge is -2.04. The minimum atomic E-state index is 0.511. The second kappa shape index (κ2) is 5.42. The smallest absolute Gasteiger partial charge is 0.161 e. The van der Waals surface area contributed by atoms with Crippen molar-refractivity contribution in [3.63, 3.8) is 0 Å². The molecule has 0 unspecified atom stereocenters. The highest BCUT2D eigenvalue weighted by Crippen LogP contribution is 2.19. The van der Waals surface area contributed by atoms with Crippen LogP contribution in [0.2, 0.25) is 0 Å². The van der Waals surface area contributed by atoms with Gasteiger partial charge in [0.2, 0.25) is 0 Å². The van der Waals surface area contributed by atoms with Gasteiger partial charge in [0.25, 0.3) is 0 Å². The Bertz CT molecular complexity index is 514. The number of benzene rings is 1. The summed E-state index contributed by atoms with van der Waals surface area (Å²) < 4.78 is 5.92. The first-order valence-corrected chi connectivity index (χ1v) is 6.15. The first kappa shape index (κ1) is 12.3. The molecule has 0 amide bonds. The van der Waals surface area contributed by atoms with E-state index in [1.807, 2.05) is 24.3 Å². The largest absolute Gasteiger partial charge is 0.383 e. The monoisotopic (exact) mass is 341 g/mol. The standard InChI is InChI=1S/C12H12IN3O/c1-17-7-8-2-4-9(5-3-8)12-15-6-10(13)11(14)16-12/h2-6H,7H2,1H3,(H2,14,15,16). The van der Waals surface area contributed by atoms with Crippen molar-refractivity contribution in [1.82, 2.24) is 9.97 Å². The van der Waals surface area contributed by atoms with E-state index in [0.29, 0.717) is 18.2 Å². The van der Waals surface area contributed by atoms with Crippen molar-refractivity contribution in [2.24, 2.45) is 0 Å². The number of hydrogen-bond acceptors (Lipinski definition) is 4. The molecule has 0 saturated heterocycles. The zero-order valence-corrected chi connectivity index (χ0v) is 11.5. The van der Waals surface area contributed by atoms with E-state index in [1.165, 1.54) is 0 Å². The number of rotatable bonds is 3. The molecule has 0 fully saturated rings. The fourth-order valence-corrected chi connectivity index (χ4v) is 1.70. The molecular formula is C12H12IN3O. The molecule has 0 saturated carbocycles. The first-order chi connectivity index (χ1) is 8.20. The molecule has 0 atom stereocenters. The average Bonchev–Trinajstić information content (AvgIpc) is 2.34. The van der Waals surface area contributed by atoms with Gasteiger partial charge in [-0.15, -0.1) is 0 Å². The number of methoxy groups -OCH3 is 1. The van der Waals surface area contributed by atoms with Crippen LogP contribution in [0.3, 0.4) is 0 Å². The van der Waals surface area contributed by atoms with Gasteiger partial charge in [0.15, 0.2) is 5.82 Å². The number of hydrogen-bond donors (Lipinski definition) is 1. The summed E-state index contributed by atoms with van der Waals surface area (Å²) in [7, 11) is 1.68. The summed E-state index contributed by atoms with van der Waals surface area (Å²) in [6.45, 7) is 0.607. The van der Waals surface area contributed by atoms with Crippen LogP contribution >= 0.6 is 22.6 Å². The molecular weight excluding hydrogens is 329 g/mol. The lowest BCUT2D eigenvalue weighted by Crippen LogP contribution is -1.98. The van der Waals surface area contributed by atoms with Gasteiger partial charge in [0.1, 0.15) is 5.82 Å². The van der Waals surface area contributed by atoms with Crippen LogP contribution in [0.15, 0.2) is 30.5 Å². The van der Waals surface area contributed by atoms with Crippen LogP contribution in [0, 0.1) is 3.57 Å². The Hall–Kier alpha value is -1.21. The number of halogens is 1. The molecule has 2 aromatic rings. The van der Waals surface area contributed by atoms with Gasteiger partial charge in [-0.05, 0) is 28.2 Å². The van der Waals surface area contributed by atoms with E-state index in [4.69, 9.17) is 10.5 Å². The minimum Gasteiger partial charge on any atom is -0.383 e. The van der Waals surface area contributed by atoms with Crippen LogP contribution in [0.4, 0.5) is 5.82 Å². The normalized spacial score (nSPS) is 10.5. The third-order valence-electron chi connectivity index (χ3n) is 2.29. The van der Waals surface area contributed by atoms with Crippen molar-refractivity contribution in [2.45, 2.75) is 6.61 Å². The molecule has 0 spiro atoms. The molecule has 5 heteroatoms. The predicted octanol–water partition coefficient (Wildman–Crippen LogP) is 2.48. The fourth-order valence-electron chi connectivity index (χ4n) is 1.44. The maximum Gasteiger partial charge on any atom is 0.161 e. The van der Waals surface area contributed by atoms with Crippen LogP contribution < -0.4 is 5.73 Å². The van der Waals surface area contributed by atoms with Crippen molar-refractivity contribution in [2.75, 3.05) is 12.8 Å². The Kier molecular flexibility index (Phi) is 3.90. The van der Waals surface area contributed by atoms with Gasteiger partial charge in [-0.2, -0.15) is 0 Å². The molecule has 1 aromatic carbocycles. The van der Waals surface area contributed by atoms with E-state index in [0.717, 1.165) is 14.7 Å². The summed E-state index contributed by atoms with van der Waals surface area (Å²) in [6, 6.07) is 7.93. The second-order valence-electron chi connectivity index (χ2n) is 3.56. The topological polar surface area (TPSA) is 61.0 Å². The maximum absolute atomic E-state index is 5.76. The molecule has 17 heavy (non-hydrogen) atoms. The molecule has 4 nitrogen and oxygen atoms in total. The van der Waals surface area contributed by atoms with Crippen LogP contribution in [-0.4, -0.2) is 17.1 Å². The van der Waals surface area contributed by atoms with Crippen molar-refractivity contribution in [3.05, 3.63) is 39.6 Å². The predicted molar refractivity (Wildman–Crippen MR) is 75.3 cm³/mol. The van der Waals surface area contributed by atoms with E-state index >= 15 is 0 Å². The molecule has 0 bridgehead atoms. The van der Waals surface area contributed by atoms with Crippen LogP contribution in [0.25, 0.3) is 11.4 Å². The van der Waals surface area contributed by atoms with Crippen LogP contribution in [0.1, 0.15) is 5.56 Å². The summed E-state index contributed by atoms with van der Waals surface area (Å²) in [6.07, 6.45) is 1.72. The number of nitrogens with two attached hydrogens (primary N) is 1. The Morgan fingerprint density at radius 2 is 2.00 bits per heavy atom. The highest BCUT2D eigenvalue weighted by molar-refractivity contribution is 14.1. The quantitative estimate of drug-likeness (QED) is 0.872. The molecule has 0 aliphatic heterocycles. The lowest BCUT2D eigenvalue weighted by molar-refractivity contribution is 0.185. The maximum atomic E-state index is 5.76. The van der Waals surface area contributed by atoms with Crippen LogP contribution in [-0.2, 0) is 11.3 Å². The van der Waals surface area contributed by atoms with Crippen LogP contribution in [0.5, 0.6) is 0 Å². The average molecular weight is 341 g/mol. The number of nitrogen functional groups attached to an aromatic ring is 1. The fraction of sp³-hybridized carbons (Fsp3) is 0.167. The summed E-state index contributed by atoms with van der Waals surface area (Å²) in [5, 5.41) is 0. The Morgan fingerprint density at radius 3 is 2.59 bits per heavy atom. The van der Waals surface area contributed by atoms with Gasteiger partial charge in [-0.25, -0.2) is 9.97 Å². The van der Waals surface area contributed by atoms with Crippen molar-refractivity contribution < 1.29 is 4.74 Å². The zero-order valence-electron chi connectivity index (χ0n) is 9.35.